The number of halogens is 1. The highest BCUT2D eigenvalue weighted by molar-refractivity contribution is 7.86. The summed E-state index contributed by atoms with van der Waals surface area (Å²) in [5, 5.41) is 5.12. The molecule has 0 unspecified atom stereocenters. The van der Waals surface area contributed by atoms with Gasteiger partial charge in [0.05, 0.1) is 0 Å². The van der Waals surface area contributed by atoms with Gasteiger partial charge in [-0.05, 0) is 12.8 Å². The van der Waals surface area contributed by atoms with Crippen molar-refractivity contribution in [2.24, 2.45) is 0 Å². The topological polar surface area (TPSA) is 75.7 Å². The minimum Gasteiger partial charge on any atom is -0.262 e. The van der Waals surface area contributed by atoms with Crippen LogP contribution in [0.15, 0.2) is 5.16 Å². The second-order valence-electron chi connectivity index (χ2n) is 3.78. The third-order valence-corrected chi connectivity index (χ3v) is 3.31. The summed E-state index contributed by atoms with van der Waals surface area (Å²) in [4.78, 5) is 3.68. The van der Waals surface area contributed by atoms with Gasteiger partial charge >= 0.3 is 10.2 Å². The van der Waals surface area contributed by atoms with Gasteiger partial charge in [0.15, 0.2) is 0 Å². The molecule has 1 aromatic heterocycles. The Kier molecular flexibility index (Phi) is 2.72. The lowest BCUT2D eigenvalue weighted by molar-refractivity contribution is 0.429. The molecule has 1 fully saturated rings. The summed E-state index contributed by atoms with van der Waals surface area (Å²) in [6.45, 7) is 0. The van der Waals surface area contributed by atoms with Crippen molar-refractivity contribution in [1.29, 1.82) is 0 Å². The molecule has 1 aromatic rings. The SMILES string of the molecule is O=S(=O)(F)c1n[nH]c(C2CCCCC2)n1. The monoisotopic (exact) mass is 233 g/mol. The normalized spacial score (nSPS) is 19.3. The fourth-order valence-electron chi connectivity index (χ4n) is 1.93. The van der Waals surface area contributed by atoms with Crippen LogP contribution in [0.1, 0.15) is 43.8 Å². The lowest BCUT2D eigenvalue weighted by Crippen LogP contribution is -2.06. The van der Waals surface area contributed by atoms with Crippen molar-refractivity contribution in [1.82, 2.24) is 15.2 Å². The highest BCUT2D eigenvalue weighted by Crippen LogP contribution is 2.30. The molecule has 5 nitrogen and oxygen atoms in total. The van der Waals surface area contributed by atoms with Gasteiger partial charge in [-0.2, -0.15) is 13.4 Å². The standard InChI is InChI=1S/C8H12FN3O2S/c9-15(13,14)8-10-7(11-12-8)6-4-2-1-3-5-6/h6H,1-5H2,(H,10,11,12). The van der Waals surface area contributed by atoms with Crippen LogP contribution in [0.3, 0.4) is 0 Å². The van der Waals surface area contributed by atoms with Crippen molar-refractivity contribution in [3.63, 3.8) is 0 Å². The molecule has 0 aromatic carbocycles. The second-order valence-corrected chi connectivity index (χ2v) is 5.02. The number of nitrogens with one attached hydrogen (secondary N) is 1. The molecule has 1 aliphatic carbocycles. The summed E-state index contributed by atoms with van der Waals surface area (Å²) in [5.41, 5.74) is 0. The Morgan fingerprint density at radius 1 is 1.27 bits per heavy atom. The molecular weight excluding hydrogens is 221 g/mol. The number of hydrogen-bond donors (Lipinski definition) is 1. The predicted molar refractivity (Wildman–Crippen MR) is 50.5 cm³/mol. The zero-order valence-electron chi connectivity index (χ0n) is 8.11. The maximum atomic E-state index is 12.5. The molecule has 15 heavy (non-hydrogen) atoms. The Labute approximate surface area is 87.3 Å². The number of aromatic amines is 1. The van der Waals surface area contributed by atoms with Crippen LogP contribution in [0.4, 0.5) is 3.89 Å². The van der Waals surface area contributed by atoms with E-state index in [1.54, 1.807) is 0 Å². The number of hydrogen-bond acceptors (Lipinski definition) is 4. The van der Waals surface area contributed by atoms with Gasteiger partial charge in [-0.15, -0.1) is 5.10 Å². The number of nitrogens with zero attached hydrogens (tertiary/aromatic N) is 2. The molecule has 1 N–H and O–H groups in total. The van der Waals surface area contributed by atoms with E-state index in [-0.39, 0.29) is 5.92 Å². The van der Waals surface area contributed by atoms with E-state index < -0.39 is 15.4 Å². The first-order valence-electron chi connectivity index (χ1n) is 4.94. The van der Waals surface area contributed by atoms with E-state index in [0.717, 1.165) is 25.7 Å². The van der Waals surface area contributed by atoms with E-state index in [1.807, 2.05) is 0 Å². The molecular formula is C8H12FN3O2S. The summed E-state index contributed by atoms with van der Waals surface area (Å²) in [7, 11) is -4.77. The first-order valence-corrected chi connectivity index (χ1v) is 6.32. The molecule has 2 rings (SSSR count). The van der Waals surface area contributed by atoms with Crippen molar-refractivity contribution in [2.75, 3.05) is 0 Å². The van der Waals surface area contributed by atoms with Crippen molar-refractivity contribution in [2.45, 2.75) is 43.2 Å². The van der Waals surface area contributed by atoms with Crippen LogP contribution in [0, 0.1) is 0 Å². The highest BCUT2D eigenvalue weighted by atomic mass is 32.3. The van der Waals surface area contributed by atoms with Crippen LogP contribution in [0.5, 0.6) is 0 Å². The van der Waals surface area contributed by atoms with E-state index >= 15 is 0 Å². The van der Waals surface area contributed by atoms with Crippen molar-refractivity contribution < 1.29 is 12.3 Å². The molecule has 0 radical (unpaired) electrons. The fraction of sp³-hybridized carbons (Fsp3) is 0.750. The maximum Gasteiger partial charge on any atom is 0.369 e. The van der Waals surface area contributed by atoms with Crippen LogP contribution in [-0.4, -0.2) is 23.6 Å². The van der Waals surface area contributed by atoms with E-state index in [2.05, 4.69) is 15.2 Å². The first-order chi connectivity index (χ1) is 7.07. The van der Waals surface area contributed by atoms with Gasteiger partial charge in [0.2, 0.25) is 0 Å². The first kappa shape index (κ1) is 10.5. The largest absolute Gasteiger partial charge is 0.369 e. The van der Waals surface area contributed by atoms with Crippen LogP contribution < -0.4 is 0 Å². The summed E-state index contributed by atoms with van der Waals surface area (Å²) in [6, 6.07) is 0. The summed E-state index contributed by atoms with van der Waals surface area (Å²) < 4.78 is 33.6. The molecule has 1 heterocycles. The van der Waals surface area contributed by atoms with E-state index in [4.69, 9.17) is 0 Å². The third kappa shape index (κ3) is 2.34. The Morgan fingerprint density at radius 2 is 1.93 bits per heavy atom. The van der Waals surface area contributed by atoms with Gasteiger partial charge in [0.1, 0.15) is 5.82 Å². The molecule has 7 heteroatoms. The van der Waals surface area contributed by atoms with Crippen LogP contribution >= 0.6 is 0 Å². The third-order valence-electron chi connectivity index (χ3n) is 2.69. The molecule has 1 saturated carbocycles. The average molecular weight is 233 g/mol. The average Bonchev–Trinajstić information content (AvgIpc) is 2.67. The Balaban J connectivity index is 2.19. The van der Waals surface area contributed by atoms with Gasteiger partial charge in [0.25, 0.3) is 5.16 Å². The summed E-state index contributed by atoms with van der Waals surface area (Å²) in [6.07, 6.45) is 5.31. The maximum absolute atomic E-state index is 12.5. The van der Waals surface area contributed by atoms with Gasteiger partial charge in [-0.3, -0.25) is 5.10 Å². The Bertz CT molecular complexity index is 436. The smallest absolute Gasteiger partial charge is 0.262 e. The molecule has 0 bridgehead atoms. The molecule has 84 valence electrons. The second kappa shape index (κ2) is 3.88. The predicted octanol–water partition coefficient (Wildman–Crippen LogP) is 1.51. The molecule has 0 amide bonds. The van der Waals surface area contributed by atoms with Gasteiger partial charge in [-0.1, -0.05) is 23.1 Å². The van der Waals surface area contributed by atoms with E-state index in [1.165, 1.54) is 6.42 Å². The Morgan fingerprint density at radius 3 is 2.47 bits per heavy atom. The summed E-state index contributed by atoms with van der Waals surface area (Å²) in [5.74, 6) is 0.688. The minimum atomic E-state index is -4.77. The molecule has 0 spiro atoms. The van der Waals surface area contributed by atoms with Crippen LogP contribution in [-0.2, 0) is 10.2 Å². The fourth-order valence-corrected chi connectivity index (χ4v) is 2.29. The number of aromatic nitrogens is 3. The molecule has 0 aliphatic heterocycles. The quantitative estimate of drug-likeness (QED) is 0.785. The van der Waals surface area contributed by atoms with Crippen molar-refractivity contribution in [3.8, 4) is 0 Å². The Hall–Kier alpha value is -0.980. The van der Waals surface area contributed by atoms with Crippen molar-refractivity contribution in [3.05, 3.63) is 5.82 Å². The summed E-state index contributed by atoms with van der Waals surface area (Å²) >= 11 is 0. The minimum absolute atomic E-state index is 0.196. The molecule has 0 saturated heterocycles. The zero-order valence-corrected chi connectivity index (χ0v) is 8.93. The molecule has 1 aliphatic rings. The lowest BCUT2D eigenvalue weighted by atomic mass is 9.89. The van der Waals surface area contributed by atoms with Crippen LogP contribution in [0.2, 0.25) is 0 Å². The van der Waals surface area contributed by atoms with Gasteiger partial charge < -0.3 is 0 Å². The highest BCUT2D eigenvalue weighted by Gasteiger charge is 2.23. The van der Waals surface area contributed by atoms with Crippen LogP contribution in [0.25, 0.3) is 0 Å². The van der Waals surface area contributed by atoms with E-state index in [0.29, 0.717) is 5.82 Å². The molecule has 0 atom stereocenters. The zero-order chi connectivity index (χ0) is 10.9. The van der Waals surface area contributed by atoms with Gasteiger partial charge in [0, 0.05) is 5.92 Å². The van der Waals surface area contributed by atoms with E-state index in [9.17, 15) is 12.3 Å². The number of H-pyrrole nitrogens is 1. The number of rotatable bonds is 2. The van der Waals surface area contributed by atoms with Gasteiger partial charge in [-0.25, -0.2) is 0 Å². The van der Waals surface area contributed by atoms with Crippen molar-refractivity contribution >= 4 is 10.2 Å². The lowest BCUT2D eigenvalue weighted by Gasteiger charge is -2.18.